The van der Waals surface area contributed by atoms with Crippen LogP contribution in [0.2, 0.25) is 0 Å². The maximum atomic E-state index is 12.4. The van der Waals surface area contributed by atoms with E-state index in [-0.39, 0.29) is 34.7 Å². The molecule has 2 heterocycles. The van der Waals surface area contributed by atoms with E-state index in [1.165, 1.54) is 0 Å². The molecule has 6 aliphatic rings. The Balaban J connectivity index is 1.16. The summed E-state index contributed by atoms with van der Waals surface area (Å²) >= 11 is 0. The van der Waals surface area contributed by atoms with Gasteiger partial charge >= 0.3 is 5.97 Å². The third kappa shape index (κ3) is 3.80. The van der Waals surface area contributed by atoms with Crippen LogP contribution in [0.4, 0.5) is 0 Å². The second-order valence-electron chi connectivity index (χ2n) is 13.5. The van der Waals surface area contributed by atoms with Gasteiger partial charge in [0, 0.05) is 11.5 Å². The number of carbonyl (C=O) groups excluding carboxylic acids is 1. The van der Waals surface area contributed by atoms with Crippen LogP contribution in [-0.2, 0) is 19.0 Å². The molecule has 6 rings (SSSR count). The molecule has 208 valence electrons. The summed E-state index contributed by atoms with van der Waals surface area (Å²) in [6.07, 6.45) is 4.88. The van der Waals surface area contributed by atoms with Crippen LogP contribution in [0.5, 0.6) is 0 Å². The molecular weight excluding hydrogens is 476 g/mol. The number of hydrogen-bond donors (Lipinski definition) is 4. The van der Waals surface area contributed by atoms with Gasteiger partial charge in [0.15, 0.2) is 6.29 Å². The van der Waals surface area contributed by atoms with Crippen LogP contribution in [0.25, 0.3) is 0 Å². The molecule has 2 aliphatic heterocycles. The standard InChI is InChI=1S/C29H44O8/c1-15-23(31)24(32)25(33)26(36-15)37-18-6-9-27(2)17(13-18)4-5-21-20(27)7-10-28(3)19(8-11-29(21,28)34)16-12-22(30)35-14-16/h12,15,17-21,23-26,31-34H,4-11,13-14H2,1-3H3/t15-,17-,18-,19+,20+,21+,23-,24+,25-,26+,27-,28+,29-/m0/s1. The Kier molecular flexibility index (Phi) is 6.37. The van der Waals surface area contributed by atoms with Crippen molar-refractivity contribution in [3.63, 3.8) is 0 Å². The molecule has 37 heavy (non-hydrogen) atoms. The summed E-state index contributed by atoms with van der Waals surface area (Å²) in [4.78, 5) is 11.8. The maximum absolute atomic E-state index is 12.4. The molecule has 0 spiro atoms. The molecule has 0 radical (unpaired) electrons. The summed E-state index contributed by atoms with van der Waals surface area (Å²) in [5.74, 6) is 1.14. The van der Waals surface area contributed by atoms with Crippen molar-refractivity contribution in [1.82, 2.24) is 0 Å². The van der Waals surface area contributed by atoms with Gasteiger partial charge in [0.1, 0.15) is 24.9 Å². The van der Waals surface area contributed by atoms with Crippen LogP contribution in [0.15, 0.2) is 11.6 Å². The average Bonchev–Trinajstić information content (AvgIpc) is 3.41. The minimum Gasteiger partial charge on any atom is -0.458 e. The van der Waals surface area contributed by atoms with E-state index in [2.05, 4.69) is 13.8 Å². The van der Waals surface area contributed by atoms with Gasteiger partial charge in [0.2, 0.25) is 0 Å². The fourth-order valence-corrected chi connectivity index (χ4v) is 9.81. The van der Waals surface area contributed by atoms with Crippen LogP contribution >= 0.6 is 0 Å². The van der Waals surface area contributed by atoms with Crippen molar-refractivity contribution in [1.29, 1.82) is 0 Å². The molecule has 4 N–H and O–H groups in total. The number of fused-ring (bicyclic) bond motifs is 5. The Labute approximate surface area is 219 Å². The highest BCUT2D eigenvalue weighted by Gasteiger charge is 2.67. The van der Waals surface area contributed by atoms with Crippen molar-refractivity contribution < 1.29 is 39.4 Å². The largest absolute Gasteiger partial charge is 0.458 e. The number of cyclic esters (lactones) is 1. The van der Waals surface area contributed by atoms with Crippen LogP contribution in [0, 0.1) is 34.5 Å². The van der Waals surface area contributed by atoms with Crippen LogP contribution in [0.1, 0.15) is 78.6 Å². The smallest absolute Gasteiger partial charge is 0.331 e. The van der Waals surface area contributed by atoms with Gasteiger partial charge in [0.25, 0.3) is 0 Å². The third-order valence-corrected chi connectivity index (χ3v) is 12.1. The molecule has 5 fully saturated rings. The van der Waals surface area contributed by atoms with E-state index in [9.17, 15) is 25.2 Å². The lowest BCUT2D eigenvalue weighted by Crippen LogP contribution is -2.62. The first kappa shape index (κ1) is 26.2. The molecule has 13 atom stereocenters. The van der Waals surface area contributed by atoms with Gasteiger partial charge < -0.3 is 34.6 Å². The van der Waals surface area contributed by atoms with Crippen molar-refractivity contribution in [3.8, 4) is 0 Å². The molecule has 0 bridgehead atoms. The third-order valence-electron chi connectivity index (χ3n) is 12.1. The fraction of sp³-hybridized carbons (Fsp3) is 0.897. The first-order chi connectivity index (χ1) is 17.5. The molecule has 0 amide bonds. The lowest BCUT2D eigenvalue weighted by atomic mass is 9.43. The number of aliphatic hydroxyl groups excluding tert-OH is 3. The van der Waals surface area contributed by atoms with Crippen LogP contribution in [0.3, 0.4) is 0 Å². The Hall–Kier alpha value is -1.03. The lowest BCUT2D eigenvalue weighted by molar-refractivity contribution is -0.310. The highest BCUT2D eigenvalue weighted by Crippen LogP contribution is 2.70. The molecule has 8 heteroatoms. The zero-order chi connectivity index (χ0) is 26.3. The van der Waals surface area contributed by atoms with Gasteiger partial charge in [-0.05, 0) is 99.4 Å². The number of hydrogen-bond acceptors (Lipinski definition) is 8. The highest BCUT2D eigenvalue weighted by atomic mass is 16.7. The number of rotatable bonds is 3. The molecule has 1 saturated heterocycles. The summed E-state index contributed by atoms with van der Waals surface area (Å²) in [6.45, 7) is 6.73. The summed E-state index contributed by atoms with van der Waals surface area (Å²) in [6, 6.07) is 0. The summed E-state index contributed by atoms with van der Waals surface area (Å²) in [7, 11) is 0. The zero-order valence-corrected chi connectivity index (χ0v) is 22.3. The van der Waals surface area contributed by atoms with E-state index >= 15 is 0 Å². The molecule has 4 saturated carbocycles. The number of carbonyl (C=O) groups is 1. The van der Waals surface area contributed by atoms with E-state index in [1.54, 1.807) is 13.0 Å². The predicted molar refractivity (Wildman–Crippen MR) is 133 cm³/mol. The normalized spacial score (nSPS) is 55.6. The van der Waals surface area contributed by atoms with Crippen molar-refractivity contribution >= 4 is 5.97 Å². The first-order valence-corrected chi connectivity index (χ1v) is 14.4. The van der Waals surface area contributed by atoms with Gasteiger partial charge in [-0.3, -0.25) is 0 Å². The minimum atomic E-state index is -1.28. The fourth-order valence-electron chi connectivity index (χ4n) is 9.81. The zero-order valence-electron chi connectivity index (χ0n) is 22.3. The number of ether oxygens (including phenoxy) is 3. The number of esters is 1. The molecule has 0 aromatic carbocycles. The first-order valence-electron chi connectivity index (χ1n) is 14.4. The second-order valence-corrected chi connectivity index (χ2v) is 13.5. The van der Waals surface area contributed by atoms with E-state index < -0.39 is 36.3 Å². The quantitative estimate of drug-likeness (QED) is 0.330. The molecule has 0 aromatic heterocycles. The van der Waals surface area contributed by atoms with E-state index in [4.69, 9.17) is 14.2 Å². The highest BCUT2D eigenvalue weighted by molar-refractivity contribution is 5.85. The second kappa shape index (κ2) is 9.00. The number of aliphatic hydroxyl groups is 4. The Morgan fingerprint density at radius 3 is 2.46 bits per heavy atom. The van der Waals surface area contributed by atoms with Gasteiger partial charge in [0.05, 0.1) is 17.8 Å². The monoisotopic (exact) mass is 520 g/mol. The van der Waals surface area contributed by atoms with Crippen LogP contribution in [-0.4, -0.2) is 75.4 Å². The van der Waals surface area contributed by atoms with Crippen LogP contribution < -0.4 is 0 Å². The Morgan fingerprint density at radius 1 is 0.946 bits per heavy atom. The van der Waals surface area contributed by atoms with E-state index in [0.29, 0.717) is 18.4 Å². The maximum Gasteiger partial charge on any atom is 0.331 e. The molecule has 4 aliphatic carbocycles. The Bertz CT molecular complexity index is 952. The predicted octanol–water partition coefficient (Wildman–Crippen LogP) is 2.46. The summed E-state index contributed by atoms with van der Waals surface area (Å²) < 4.78 is 17.2. The van der Waals surface area contributed by atoms with Crippen molar-refractivity contribution in [3.05, 3.63) is 11.6 Å². The lowest BCUT2D eigenvalue weighted by Gasteiger charge is -2.64. The SMILES string of the molecule is C[C@@H]1O[C@H](O[C@H]2CC[C@@]3(C)[C@@H](CC[C@@H]4[C@H]3CC[C@]3(C)[C@@H](C5=CC(=O)OC5)CC[C@]43O)C2)[C@@H](O)[C@H](O)[C@H]1O. The summed E-state index contributed by atoms with van der Waals surface area (Å²) in [5.41, 5.74) is 0.243. The summed E-state index contributed by atoms with van der Waals surface area (Å²) in [5, 5.41) is 43.0. The average molecular weight is 521 g/mol. The molecule has 0 aromatic rings. The van der Waals surface area contributed by atoms with E-state index in [0.717, 1.165) is 63.4 Å². The molecule has 0 unspecified atom stereocenters. The topological polar surface area (TPSA) is 126 Å². The minimum absolute atomic E-state index is 0.0661. The molecular formula is C29H44O8. The van der Waals surface area contributed by atoms with Crippen molar-refractivity contribution in [2.45, 2.75) is 121 Å². The van der Waals surface area contributed by atoms with Crippen molar-refractivity contribution in [2.75, 3.05) is 6.61 Å². The van der Waals surface area contributed by atoms with E-state index in [1.807, 2.05) is 0 Å². The Morgan fingerprint density at radius 2 is 1.73 bits per heavy atom. The molecule has 8 nitrogen and oxygen atoms in total. The van der Waals surface area contributed by atoms with Gasteiger partial charge in [-0.25, -0.2) is 4.79 Å². The van der Waals surface area contributed by atoms with Crippen molar-refractivity contribution in [2.24, 2.45) is 34.5 Å². The van der Waals surface area contributed by atoms with Gasteiger partial charge in [-0.1, -0.05) is 13.8 Å². The van der Waals surface area contributed by atoms with Gasteiger partial charge in [-0.15, -0.1) is 0 Å². The van der Waals surface area contributed by atoms with Gasteiger partial charge in [-0.2, -0.15) is 0 Å².